The fourth-order valence-corrected chi connectivity index (χ4v) is 3.25. The predicted molar refractivity (Wildman–Crippen MR) is 83.7 cm³/mol. The lowest BCUT2D eigenvalue weighted by molar-refractivity contribution is 0.121. The topological polar surface area (TPSA) is 9.23 Å². The van der Waals surface area contributed by atoms with Crippen LogP contribution in [0.5, 0.6) is 5.75 Å². The second kappa shape index (κ2) is 6.33. The highest BCUT2D eigenvalue weighted by atomic mass is 79.9. The molecule has 1 aliphatic carbocycles. The van der Waals surface area contributed by atoms with Crippen molar-refractivity contribution in [3.63, 3.8) is 0 Å². The number of rotatable bonds is 4. The first-order valence-electron chi connectivity index (χ1n) is 6.65. The zero-order valence-corrected chi connectivity index (χ0v) is 13.4. The van der Waals surface area contributed by atoms with Gasteiger partial charge in [-0.2, -0.15) is 12.6 Å². The number of aryl methyl sites for hydroxylation is 1. The molecule has 0 aliphatic heterocycles. The number of hydrogen-bond donors (Lipinski definition) is 1. The minimum Gasteiger partial charge on any atom is -0.493 e. The van der Waals surface area contributed by atoms with E-state index in [1.54, 1.807) is 0 Å². The molecule has 1 nitrogen and oxygen atoms in total. The van der Waals surface area contributed by atoms with E-state index >= 15 is 0 Å². The molecule has 0 N–H and O–H groups in total. The minimum absolute atomic E-state index is 0.294. The Labute approximate surface area is 124 Å². The maximum atomic E-state index is 6.01. The van der Waals surface area contributed by atoms with Crippen LogP contribution in [0.2, 0.25) is 0 Å². The van der Waals surface area contributed by atoms with Crippen molar-refractivity contribution in [1.29, 1.82) is 0 Å². The fourth-order valence-electron chi connectivity index (χ4n) is 2.59. The molecule has 1 fully saturated rings. The van der Waals surface area contributed by atoms with E-state index in [-0.39, 0.29) is 0 Å². The molecule has 0 bridgehead atoms. The maximum absolute atomic E-state index is 6.01. The Morgan fingerprint density at radius 2 is 2.00 bits per heavy atom. The molecular weight excluding hydrogens is 308 g/mol. The van der Waals surface area contributed by atoms with Crippen LogP contribution in [0.25, 0.3) is 0 Å². The summed E-state index contributed by atoms with van der Waals surface area (Å²) in [4.78, 5) is 0. The summed E-state index contributed by atoms with van der Waals surface area (Å²) in [7, 11) is 0. The van der Waals surface area contributed by atoms with Crippen LogP contribution in [0, 0.1) is 12.3 Å². The summed E-state index contributed by atoms with van der Waals surface area (Å²) in [5.74, 6) is 1.91. The van der Waals surface area contributed by atoms with Gasteiger partial charge in [-0.05, 0) is 49.3 Å². The molecule has 18 heavy (non-hydrogen) atoms. The molecule has 0 unspecified atom stereocenters. The van der Waals surface area contributed by atoms with Gasteiger partial charge in [0.15, 0.2) is 0 Å². The highest BCUT2D eigenvalue weighted by Crippen LogP contribution is 2.38. The van der Waals surface area contributed by atoms with Gasteiger partial charge in [0.1, 0.15) is 5.75 Å². The Morgan fingerprint density at radius 1 is 1.28 bits per heavy atom. The molecule has 100 valence electrons. The first-order valence-corrected chi connectivity index (χ1v) is 8.08. The molecule has 1 aromatic carbocycles. The zero-order chi connectivity index (χ0) is 13.0. The van der Waals surface area contributed by atoms with E-state index < -0.39 is 0 Å². The lowest BCUT2D eigenvalue weighted by Crippen LogP contribution is -2.32. The second-order valence-corrected chi connectivity index (χ2v) is 6.59. The molecule has 1 aliphatic rings. The fraction of sp³-hybridized carbons (Fsp3) is 0.600. The van der Waals surface area contributed by atoms with E-state index in [0.717, 1.165) is 22.6 Å². The molecule has 0 saturated heterocycles. The van der Waals surface area contributed by atoms with E-state index in [1.807, 2.05) is 6.07 Å². The third-order valence-corrected chi connectivity index (χ3v) is 5.48. The van der Waals surface area contributed by atoms with Gasteiger partial charge in [-0.25, -0.2) is 0 Å². The summed E-state index contributed by atoms with van der Waals surface area (Å²) in [6.45, 7) is 2.89. The molecule has 3 heteroatoms. The van der Waals surface area contributed by atoms with Crippen molar-refractivity contribution in [2.24, 2.45) is 5.41 Å². The van der Waals surface area contributed by atoms with Crippen molar-refractivity contribution in [3.8, 4) is 5.75 Å². The Morgan fingerprint density at radius 3 is 2.61 bits per heavy atom. The van der Waals surface area contributed by atoms with Gasteiger partial charge in [0, 0.05) is 9.89 Å². The first kappa shape index (κ1) is 14.3. The summed E-state index contributed by atoms with van der Waals surface area (Å²) in [6, 6.07) is 6.18. The van der Waals surface area contributed by atoms with Gasteiger partial charge in [-0.1, -0.05) is 35.2 Å². The van der Waals surface area contributed by atoms with Crippen LogP contribution in [-0.2, 0) is 0 Å². The van der Waals surface area contributed by atoms with Gasteiger partial charge < -0.3 is 4.74 Å². The van der Waals surface area contributed by atoms with Crippen molar-refractivity contribution in [1.82, 2.24) is 0 Å². The number of thiol groups is 1. The van der Waals surface area contributed by atoms with Crippen LogP contribution in [0.4, 0.5) is 0 Å². The molecule has 0 spiro atoms. The van der Waals surface area contributed by atoms with Crippen molar-refractivity contribution in [2.75, 3.05) is 12.4 Å². The van der Waals surface area contributed by atoms with Crippen molar-refractivity contribution in [2.45, 2.75) is 39.0 Å². The van der Waals surface area contributed by atoms with Gasteiger partial charge in [-0.15, -0.1) is 0 Å². The predicted octanol–water partition coefficient (Wildman–Crippen LogP) is 5.02. The molecule has 0 atom stereocenters. The molecule has 0 radical (unpaired) electrons. The average molecular weight is 329 g/mol. The van der Waals surface area contributed by atoms with E-state index in [2.05, 4.69) is 47.6 Å². The van der Waals surface area contributed by atoms with Crippen LogP contribution in [-0.4, -0.2) is 12.4 Å². The van der Waals surface area contributed by atoms with Gasteiger partial charge in [0.25, 0.3) is 0 Å². The molecule has 0 amide bonds. The van der Waals surface area contributed by atoms with Crippen molar-refractivity contribution < 1.29 is 4.74 Å². The summed E-state index contributed by atoms with van der Waals surface area (Å²) in [5.41, 5.74) is 1.51. The SMILES string of the molecule is Cc1cc(OCC2(CS)CCCCC2)ccc1Br. The van der Waals surface area contributed by atoms with Crippen molar-refractivity contribution in [3.05, 3.63) is 28.2 Å². The van der Waals surface area contributed by atoms with Crippen LogP contribution in [0.1, 0.15) is 37.7 Å². The van der Waals surface area contributed by atoms with Crippen LogP contribution >= 0.6 is 28.6 Å². The summed E-state index contributed by atoms with van der Waals surface area (Å²) >= 11 is 8.06. The normalized spacial score (nSPS) is 18.6. The molecule has 1 aromatic rings. The lowest BCUT2D eigenvalue weighted by atomic mass is 9.76. The lowest BCUT2D eigenvalue weighted by Gasteiger charge is -2.35. The molecular formula is C15H21BrOS. The number of hydrogen-bond acceptors (Lipinski definition) is 2. The van der Waals surface area contributed by atoms with E-state index in [4.69, 9.17) is 4.74 Å². The van der Waals surface area contributed by atoms with E-state index in [9.17, 15) is 0 Å². The second-order valence-electron chi connectivity index (χ2n) is 5.42. The molecule has 0 aromatic heterocycles. The third-order valence-electron chi connectivity index (χ3n) is 3.92. The summed E-state index contributed by atoms with van der Waals surface area (Å²) in [6.07, 6.45) is 6.53. The summed E-state index contributed by atoms with van der Waals surface area (Å²) in [5, 5.41) is 0. The van der Waals surface area contributed by atoms with Gasteiger partial charge >= 0.3 is 0 Å². The first-order chi connectivity index (χ1) is 8.65. The maximum Gasteiger partial charge on any atom is 0.119 e. The Bertz CT molecular complexity index is 399. The van der Waals surface area contributed by atoms with Crippen molar-refractivity contribution >= 4 is 28.6 Å². The van der Waals surface area contributed by atoms with Gasteiger partial charge in [-0.3, -0.25) is 0 Å². The molecule has 2 rings (SSSR count). The highest BCUT2D eigenvalue weighted by Gasteiger charge is 2.31. The summed E-state index contributed by atoms with van der Waals surface area (Å²) < 4.78 is 7.14. The zero-order valence-electron chi connectivity index (χ0n) is 10.9. The Kier molecular flexibility index (Phi) is 5.02. The Balaban J connectivity index is 1.98. The Hall–Kier alpha value is -0.150. The van der Waals surface area contributed by atoms with Gasteiger partial charge in [0.2, 0.25) is 0 Å². The number of benzene rings is 1. The van der Waals surface area contributed by atoms with Gasteiger partial charge in [0.05, 0.1) is 6.61 Å². The standard InChI is InChI=1S/C15H21BrOS/c1-12-9-13(5-6-14(12)16)17-10-15(11-18)7-3-2-4-8-15/h5-6,9,18H,2-4,7-8,10-11H2,1H3. The number of ether oxygens (including phenoxy) is 1. The van der Waals surface area contributed by atoms with Crippen LogP contribution in [0.3, 0.4) is 0 Å². The van der Waals surface area contributed by atoms with E-state index in [1.165, 1.54) is 37.7 Å². The number of halogens is 1. The van der Waals surface area contributed by atoms with Crippen LogP contribution < -0.4 is 4.74 Å². The minimum atomic E-state index is 0.294. The largest absolute Gasteiger partial charge is 0.493 e. The molecule has 1 saturated carbocycles. The van der Waals surface area contributed by atoms with Crippen LogP contribution in [0.15, 0.2) is 22.7 Å². The third kappa shape index (κ3) is 3.45. The monoisotopic (exact) mass is 328 g/mol. The smallest absolute Gasteiger partial charge is 0.119 e. The van der Waals surface area contributed by atoms with E-state index in [0.29, 0.717) is 5.41 Å². The average Bonchev–Trinajstić information content (AvgIpc) is 2.41. The molecule has 0 heterocycles. The quantitative estimate of drug-likeness (QED) is 0.764. The highest BCUT2D eigenvalue weighted by molar-refractivity contribution is 9.10.